The topological polar surface area (TPSA) is 55.1 Å². The Hall–Kier alpha value is -2.00. The van der Waals surface area contributed by atoms with Crippen LogP contribution in [0.3, 0.4) is 0 Å². The van der Waals surface area contributed by atoms with E-state index in [1.165, 1.54) is 0 Å². The van der Waals surface area contributed by atoms with Crippen molar-refractivity contribution in [1.82, 2.24) is 5.32 Å². The highest BCUT2D eigenvalue weighted by Crippen LogP contribution is 2.16. The molecule has 104 valence electrons. The maximum Gasteiger partial charge on any atom is 0.224 e. The summed E-state index contributed by atoms with van der Waals surface area (Å²) in [5.74, 6) is -0.0165. The summed E-state index contributed by atoms with van der Waals surface area (Å²) in [6.07, 6.45) is 0.345. The average molecular weight is 289 g/mol. The second-order valence-electron chi connectivity index (χ2n) is 4.76. The fraction of sp³-hybridized carbons (Fsp3) is 0.188. The van der Waals surface area contributed by atoms with Crippen LogP contribution in [0.2, 0.25) is 5.02 Å². The average Bonchev–Trinajstić information content (AvgIpc) is 2.42. The molecule has 0 heterocycles. The lowest BCUT2D eigenvalue weighted by molar-refractivity contribution is -0.121. The Kier molecular flexibility index (Phi) is 4.64. The third-order valence-corrected chi connectivity index (χ3v) is 3.34. The first kappa shape index (κ1) is 14.4. The first-order valence-electron chi connectivity index (χ1n) is 6.44. The molecule has 0 aliphatic rings. The van der Waals surface area contributed by atoms with Crippen molar-refractivity contribution in [2.75, 3.05) is 5.73 Å². The number of carbonyl (C=O) groups is 1. The summed E-state index contributed by atoms with van der Waals surface area (Å²) in [5, 5.41) is 3.65. The molecule has 4 heteroatoms. The van der Waals surface area contributed by atoms with Crippen molar-refractivity contribution in [3.05, 3.63) is 64.7 Å². The quantitative estimate of drug-likeness (QED) is 0.848. The maximum atomic E-state index is 12.0. The van der Waals surface area contributed by atoms with Crippen molar-refractivity contribution in [1.29, 1.82) is 0 Å². The highest BCUT2D eigenvalue weighted by atomic mass is 35.5. The molecule has 0 saturated heterocycles. The van der Waals surface area contributed by atoms with Crippen molar-refractivity contribution in [2.24, 2.45) is 0 Å². The first-order valence-corrected chi connectivity index (χ1v) is 6.81. The number of nitrogen functional groups attached to an aromatic ring is 1. The van der Waals surface area contributed by atoms with E-state index < -0.39 is 0 Å². The highest BCUT2D eigenvalue weighted by molar-refractivity contribution is 6.30. The summed E-state index contributed by atoms with van der Waals surface area (Å²) in [7, 11) is 0. The van der Waals surface area contributed by atoms with Gasteiger partial charge in [0.25, 0.3) is 0 Å². The normalized spacial score (nSPS) is 11.9. The van der Waals surface area contributed by atoms with Gasteiger partial charge in [-0.2, -0.15) is 0 Å². The fourth-order valence-corrected chi connectivity index (χ4v) is 2.07. The van der Waals surface area contributed by atoms with E-state index in [0.717, 1.165) is 11.1 Å². The van der Waals surface area contributed by atoms with E-state index in [0.29, 0.717) is 17.1 Å². The van der Waals surface area contributed by atoms with Crippen molar-refractivity contribution in [2.45, 2.75) is 19.4 Å². The molecule has 2 rings (SSSR count). The minimum atomic E-state index is -0.0476. The number of hydrogen-bond acceptors (Lipinski definition) is 2. The summed E-state index contributed by atoms with van der Waals surface area (Å²) >= 11 is 5.84. The predicted molar refractivity (Wildman–Crippen MR) is 82.6 cm³/mol. The second kappa shape index (κ2) is 6.44. The van der Waals surface area contributed by atoms with E-state index in [2.05, 4.69) is 5.32 Å². The van der Waals surface area contributed by atoms with Crippen LogP contribution >= 0.6 is 11.6 Å². The van der Waals surface area contributed by atoms with Gasteiger partial charge in [-0.3, -0.25) is 4.79 Å². The minimum Gasteiger partial charge on any atom is -0.399 e. The number of carbonyl (C=O) groups excluding carboxylic acids is 1. The lowest BCUT2D eigenvalue weighted by Gasteiger charge is -2.14. The van der Waals surface area contributed by atoms with Crippen LogP contribution in [0.4, 0.5) is 5.69 Å². The Bertz CT molecular complexity index is 578. The van der Waals surface area contributed by atoms with Crippen LogP contribution in [0, 0.1) is 0 Å². The Morgan fingerprint density at radius 1 is 1.15 bits per heavy atom. The summed E-state index contributed by atoms with van der Waals surface area (Å²) < 4.78 is 0. The molecule has 0 aromatic heterocycles. The van der Waals surface area contributed by atoms with Gasteiger partial charge in [0.15, 0.2) is 0 Å². The molecule has 0 bridgehead atoms. The van der Waals surface area contributed by atoms with E-state index in [1.807, 2.05) is 43.3 Å². The smallest absolute Gasteiger partial charge is 0.224 e. The van der Waals surface area contributed by atoms with Gasteiger partial charge in [-0.05, 0) is 42.3 Å². The molecule has 0 radical (unpaired) electrons. The van der Waals surface area contributed by atoms with Crippen molar-refractivity contribution < 1.29 is 4.79 Å². The second-order valence-corrected chi connectivity index (χ2v) is 5.20. The standard InChI is InChI=1S/C16H17ClN2O/c1-11(13-4-6-14(17)7-5-13)19-16(20)10-12-2-8-15(18)9-3-12/h2-9,11H,10,18H2,1H3,(H,19,20)/t11-/m1/s1. The molecule has 1 amide bonds. The summed E-state index contributed by atoms with van der Waals surface area (Å²) in [6, 6.07) is 14.7. The molecular weight excluding hydrogens is 272 g/mol. The Morgan fingerprint density at radius 2 is 1.75 bits per heavy atom. The van der Waals surface area contributed by atoms with Crippen molar-refractivity contribution in [3.8, 4) is 0 Å². The summed E-state index contributed by atoms with van der Waals surface area (Å²) in [4.78, 5) is 12.0. The molecule has 1 atom stereocenters. The van der Waals surface area contributed by atoms with Crippen LogP contribution in [0.15, 0.2) is 48.5 Å². The predicted octanol–water partition coefficient (Wildman–Crippen LogP) is 3.34. The van der Waals surface area contributed by atoms with Crippen molar-refractivity contribution >= 4 is 23.2 Å². The molecular formula is C16H17ClN2O. The van der Waals surface area contributed by atoms with Crippen LogP contribution in [0.5, 0.6) is 0 Å². The van der Waals surface area contributed by atoms with Gasteiger partial charge in [-0.25, -0.2) is 0 Å². The van der Waals surface area contributed by atoms with Crippen LogP contribution in [-0.4, -0.2) is 5.91 Å². The lowest BCUT2D eigenvalue weighted by Crippen LogP contribution is -2.28. The Morgan fingerprint density at radius 3 is 2.35 bits per heavy atom. The Balaban J connectivity index is 1.93. The van der Waals surface area contributed by atoms with Gasteiger partial charge in [-0.1, -0.05) is 35.9 Å². The lowest BCUT2D eigenvalue weighted by atomic mass is 10.1. The molecule has 3 nitrogen and oxygen atoms in total. The zero-order chi connectivity index (χ0) is 14.5. The van der Waals surface area contributed by atoms with E-state index >= 15 is 0 Å². The molecule has 20 heavy (non-hydrogen) atoms. The number of nitrogens with two attached hydrogens (primary N) is 1. The molecule has 3 N–H and O–H groups in total. The van der Waals surface area contributed by atoms with Gasteiger partial charge < -0.3 is 11.1 Å². The molecule has 0 saturated carbocycles. The fourth-order valence-electron chi connectivity index (χ4n) is 1.95. The maximum absolute atomic E-state index is 12.0. The molecule has 0 fully saturated rings. The number of amides is 1. The van der Waals surface area contributed by atoms with Gasteiger partial charge >= 0.3 is 0 Å². The SMILES string of the molecule is C[C@@H](NC(=O)Cc1ccc(N)cc1)c1ccc(Cl)cc1. The number of benzene rings is 2. The Labute approximate surface area is 123 Å². The van der Waals surface area contributed by atoms with Crippen LogP contribution in [0.25, 0.3) is 0 Å². The first-order chi connectivity index (χ1) is 9.54. The van der Waals surface area contributed by atoms with E-state index in [4.69, 9.17) is 17.3 Å². The number of nitrogens with one attached hydrogen (secondary N) is 1. The van der Waals surface area contributed by atoms with E-state index in [1.54, 1.807) is 12.1 Å². The van der Waals surface area contributed by atoms with Crippen LogP contribution in [-0.2, 0) is 11.2 Å². The van der Waals surface area contributed by atoms with Gasteiger partial charge in [0.05, 0.1) is 12.5 Å². The molecule has 2 aromatic rings. The summed E-state index contributed by atoms with van der Waals surface area (Å²) in [6.45, 7) is 1.95. The minimum absolute atomic E-state index is 0.0165. The molecule has 0 spiro atoms. The molecule has 2 aromatic carbocycles. The summed E-state index contributed by atoms with van der Waals surface area (Å²) in [5.41, 5.74) is 8.29. The van der Waals surface area contributed by atoms with Gasteiger partial charge in [0.1, 0.15) is 0 Å². The molecule has 0 aliphatic heterocycles. The zero-order valence-electron chi connectivity index (χ0n) is 11.3. The van der Waals surface area contributed by atoms with Crippen LogP contribution < -0.4 is 11.1 Å². The van der Waals surface area contributed by atoms with E-state index in [-0.39, 0.29) is 11.9 Å². The monoisotopic (exact) mass is 288 g/mol. The third-order valence-electron chi connectivity index (χ3n) is 3.09. The molecule has 0 unspecified atom stereocenters. The largest absolute Gasteiger partial charge is 0.399 e. The number of halogens is 1. The van der Waals surface area contributed by atoms with Gasteiger partial charge in [0.2, 0.25) is 5.91 Å². The molecule has 0 aliphatic carbocycles. The highest BCUT2D eigenvalue weighted by Gasteiger charge is 2.10. The number of hydrogen-bond donors (Lipinski definition) is 2. The van der Waals surface area contributed by atoms with Gasteiger partial charge in [0, 0.05) is 10.7 Å². The number of anilines is 1. The number of rotatable bonds is 4. The zero-order valence-corrected chi connectivity index (χ0v) is 12.0. The van der Waals surface area contributed by atoms with Gasteiger partial charge in [-0.15, -0.1) is 0 Å². The van der Waals surface area contributed by atoms with Crippen molar-refractivity contribution in [3.63, 3.8) is 0 Å². The van der Waals surface area contributed by atoms with Crippen LogP contribution in [0.1, 0.15) is 24.1 Å². The van der Waals surface area contributed by atoms with E-state index in [9.17, 15) is 4.79 Å². The third kappa shape index (κ3) is 4.00.